The normalized spacial score (nSPS) is 15.0. The molecule has 9 aromatic carbocycles. The Labute approximate surface area is 332 Å². The highest BCUT2D eigenvalue weighted by molar-refractivity contribution is 6.09. The van der Waals surface area contributed by atoms with Crippen molar-refractivity contribution < 1.29 is 4.42 Å². The minimum atomic E-state index is -0.513. The maximum absolute atomic E-state index is 6.48. The summed E-state index contributed by atoms with van der Waals surface area (Å²) in [4.78, 5) is 0. The van der Waals surface area contributed by atoms with Gasteiger partial charge in [-0.2, -0.15) is 0 Å². The lowest BCUT2D eigenvalue weighted by Crippen LogP contribution is -2.28. The number of benzene rings is 9. The van der Waals surface area contributed by atoms with Crippen LogP contribution in [0.1, 0.15) is 33.4 Å². The Morgan fingerprint density at radius 1 is 0.333 bits per heavy atom. The maximum atomic E-state index is 6.48. The van der Waals surface area contributed by atoms with Gasteiger partial charge in [0.2, 0.25) is 0 Å². The molecule has 0 bridgehead atoms. The first kappa shape index (κ1) is 32.1. The van der Waals surface area contributed by atoms with Crippen LogP contribution in [-0.4, -0.2) is 0 Å². The second kappa shape index (κ2) is 12.4. The van der Waals surface area contributed by atoms with Crippen molar-refractivity contribution in [3.05, 3.63) is 240 Å². The molecule has 0 radical (unpaired) electrons. The molecule has 266 valence electrons. The first-order valence-corrected chi connectivity index (χ1v) is 19.9. The van der Waals surface area contributed by atoms with Crippen molar-refractivity contribution in [1.82, 2.24) is 0 Å². The van der Waals surface area contributed by atoms with Gasteiger partial charge in [0.15, 0.2) is 0 Å². The molecule has 1 aromatic heterocycles. The van der Waals surface area contributed by atoms with Crippen LogP contribution >= 0.6 is 0 Å². The van der Waals surface area contributed by atoms with Gasteiger partial charge in [0, 0.05) is 16.3 Å². The topological polar surface area (TPSA) is 13.1 Å². The molecule has 1 heterocycles. The predicted octanol–water partition coefficient (Wildman–Crippen LogP) is 14.5. The maximum Gasteiger partial charge on any atom is 0.143 e. The summed E-state index contributed by atoms with van der Waals surface area (Å²) >= 11 is 0. The second-order valence-electron chi connectivity index (χ2n) is 15.6. The first-order chi connectivity index (χ1) is 28.2. The van der Waals surface area contributed by atoms with E-state index < -0.39 is 5.41 Å². The van der Waals surface area contributed by atoms with Gasteiger partial charge in [-0.1, -0.05) is 182 Å². The molecular weight excluding hydrogens is 689 g/mol. The molecule has 0 aliphatic heterocycles. The number of fused-ring (bicyclic) bond motifs is 9. The minimum Gasteiger partial charge on any atom is -0.455 e. The average molecular weight is 725 g/mol. The molecule has 2 aliphatic rings. The Hall–Kier alpha value is -7.22. The smallest absolute Gasteiger partial charge is 0.143 e. The van der Waals surface area contributed by atoms with Crippen LogP contribution < -0.4 is 0 Å². The lowest BCUT2D eigenvalue weighted by atomic mass is 9.67. The summed E-state index contributed by atoms with van der Waals surface area (Å²) in [7, 11) is 0. The van der Waals surface area contributed by atoms with Crippen LogP contribution in [0.4, 0.5) is 0 Å². The van der Waals surface area contributed by atoms with Crippen molar-refractivity contribution in [2.24, 2.45) is 0 Å². The Morgan fingerprint density at radius 3 is 1.68 bits per heavy atom. The molecule has 2 aliphatic carbocycles. The highest BCUT2D eigenvalue weighted by Gasteiger charge is 2.46. The summed E-state index contributed by atoms with van der Waals surface area (Å²) in [5, 5.41) is 2.29. The minimum absolute atomic E-state index is 0.513. The third kappa shape index (κ3) is 4.76. The predicted molar refractivity (Wildman–Crippen MR) is 236 cm³/mol. The summed E-state index contributed by atoms with van der Waals surface area (Å²) in [6.07, 6.45) is 0.970. The number of rotatable bonds is 5. The Balaban J connectivity index is 1.02. The van der Waals surface area contributed by atoms with Gasteiger partial charge in [0.1, 0.15) is 11.2 Å². The number of hydrogen-bond donors (Lipinski definition) is 0. The van der Waals surface area contributed by atoms with E-state index in [-0.39, 0.29) is 0 Å². The number of furan rings is 1. The van der Waals surface area contributed by atoms with Crippen LogP contribution in [-0.2, 0) is 11.8 Å². The van der Waals surface area contributed by atoms with Crippen LogP contribution in [0.25, 0.3) is 77.6 Å². The van der Waals surface area contributed by atoms with Gasteiger partial charge in [0.25, 0.3) is 0 Å². The second-order valence-corrected chi connectivity index (χ2v) is 15.6. The fraction of sp³-hybridized carbons (Fsp3) is 0.0357. The monoisotopic (exact) mass is 724 g/mol. The molecule has 0 spiro atoms. The fourth-order valence-electron chi connectivity index (χ4n) is 9.97. The number of hydrogen-bond acceptors (Lipinski definition) is 1. The summed E-state index contributed by atoms with van der Waals surface area (Å²) in [6, 6.07) is 76.1. The van der Waals surface area contributed by atoms with E-state index in [1.54, 1.807) is 0 Å². The fourth-order valence-corrected chi connectivity index (χ4v) is 9.97. The average Bonchev–Trinajstić information content (AvgIpc) is 3.95. The third-order valence-corrected chi connectivity index (χ3v) is 12.6. The van der Waals surface area contributed by atoms with E-state index in [0.717, 1.165) is 39.5 Å². The van der Waals surface area contributed by atoms with E-state index in [1.165, 1.54) is 77.9 Å². The zero-order valence-corrected chi connectivity index (χ0v) is 31.2. The molecule has 1 nitrogen and oxygen atoms in total. The zero-order chi connectivity index (χ0) is 37.5. The summed E-state index contributed by atoms with van der Waals surface area (Å²) in [5.41, 5.74) is 21.7. The van der Waals surface area contributed by atoms with E-state index in [2.05, 4.69) is 200 Å². The molecular formula is C56H36O. The van der Waals surface area contributed by atoms with Gasteiger partial charge in [-0.3, -0.25) is 0 Å². The van der Waals surface area contributed by atoms with Gasteiger partial charge in [-0.15, -0.1) is 0 Å². The Kier molecular flexibility index (Phi) is 6.97. The van der Waals surface area contributed by atoms with Crippen LogP contribution in [0.2, 0.25) is 0 Å². The molecule has 57 heavy (non-hydrogen) atoms. The molecule has 0 amide bonds. The zero-order valence-electron chi connectivity index (χ0n) is 31.2. The highest BCUT2D eigenvalue weighted by atomic mass is 16.3. The molecule has 1 unspecified atom stereocenters. The largest absolute Gasteiger partial charge is 0.455 e. The summed E-state index contributed by atoms with van der Waals surface area (Å²) < 4.78 is 6.48. The number of para-hydroxylation sites is 2. The Bertz CT molecular complexity index is 3190. The van der Waals surface area contributed by atoms with Crippen LogP contribution in [0.5, 0.6) is 0 Å². The van der Waals surface area contributed by atoms with Crippen molar-refractivity contribution in [2.45, 2.75) is 11.8 Å². The lowest BCUT2D eigenvalue weighted by molar-refractivity contribution is 0.670. The quantitative estimate of drug-likeness (QED) is 0.172. The van der Waals surface area contributed by atoms with E-state index in [4.69, 9.17) is 4.42 Å². The van der Waals surface area contributed by atoms with Crippen LogP contribution in [0.3, 0.4) is 0 Å². The van der Waals surface area contributed by atoms with Crippen molar-refractivity contribution in [2.75, 3.05) is 0 Å². The summed E-state index contributed by atoms with van der Waals surface area (Å²) in [5.74, 6) is 0. The molecule has 1 heteroatoms. The molecule has 0 fully saturated rings. The van der Waals surface area contributed by atoms with Crippen LogP contribution in [0.15, 0.2) is 211 Å². The van der Waals surface area contributed by atoms with E-state index in [1.807, 2.05) is 6.07 Å². The van der Waals surface area contributed by atoms with Gasteiger partial charge >= 0.3 is 0 Å². The van der Waals surface area contributed by atoms with Crippen molar-refractivity contribution in [3.63, 3.8) is 0 Å². The van der Waals surface area contributed by atoms with E-state index in [9.17, 15) is 0 Å². The first-order valence-electron chi connectivity index (χ1n) is 19.9. The SMILES string of the molecule is c1ccc(-c2ccc3c(c2)-c2cc(-c4ccc5c(c4)C(c4ccccc4)(c4ccc(-c6cccc7c6oc6ccccc67)cc4)c4ccccc4-5)ccc2C3)cc1. The highest BCUT2D eigenvalue weighted by Crippen LogP contribution is 2.57. The Morgan fingerprint density at radius 2 is 0.895 bits per heavy atom. The molecule has 0 saturated heterocycles. The molecule has 0 N–H and O–H groups in total. The van der Waals surface area contributed by atoms with Crippen molar-refractivity contribution in [3.8, 4) is 55.6 Å². The summed E-state index contributed by atoms with van der Waals surface area (Å²) in [6.45, 7) is 0. The molecule has 0 saturated carbocycles. The van der Waals surface area contributed by atoms with E-state index in [0.29, 0.717) is 0 Å². The standard InChI is InChI=1S/C56H36O/c1-3-12-36(13-4-1)38-22-24-41-32-42-25-23-39(34-51(42)50(41)33-38)40-28-31-47-46-16-7-9-20-52(46)56(53(47)35-40,43-14-5-2-6-15-43)44-29-26-37(27-30-44)45-18-11-19-49-48-17-8-10-21-54(48)57-55(45)49/h1-31,33-35H,32H2. The van der Waals surface area contributed by atoms with Gasteiger partial charge in [-0.25, -0.2) is 0 Å². The van der Waals surface area contributed by atoms with E-state index >= 15 is 0 Å². The van der Waals surface area contributed by atoms with Crippen molar-refractivity contribution in [1.29, 1.82) is 0 Å². The van der Waals surface area contributed by atoms with Gasteiger partial charge < -0.3 is 4.42 Å². The van der Waals surface area contributed by atoms with Gasteiger partial charge in [-0.05, 0) is 114 Å². The van der Waals surface area contributed by atoms with Crippen LogP contribution in [0, 0.1) is 0 Å². The molecule has 12 rings (SSSR count). The third-order valence-electron chi connectivity index (χ3n) is 12.6. The molecule has 10 aromatic rings. The molecule has 1 atom stereocenters. The van der Waals surface area contributed by atoms with Crippen molar-refractivity contribution >= 4 is 21.9 Å². The van der Waals surface area contributed by atoms with Gasteiger partial charge in [0.05, 0.1) is 5.41 Å². The lowest BCUT2D eigenvalue weighted by Gasteiger charge is -2.34.